The van der Waals surface area contributed by atoms with Crippen LogP contribution in [0, 0.1) is 18.8 Å². The molecule has 7 heteroatoms. The summed E-state index contributed by atoms with van der Waals surface area (Å²) in [5.41, 5.74) is 3.49. The van der Waals surface area contributed by atoms with Crippen molar-refractivity contribution >= 4 is 30.5 Å². The van der Waals surface area contributed by atoms with Crippen molar-refractivity contribution in [1.29, 1.82) is 0 Å². The molecule has 3 rings (SSSR count). The predicted molar refractivity (Wildman–Crippen MR) is 177 cm³/mol. The van der Waals surface area contributed by atoms with Crippen LogP contribution in [0.15, 0.2) is 60.7 Å². The van der Waals surface area contributed by atoms with Crippen LogP contribution in [-0.2, 0) is 30.6 Å². The molecule has 0 aromatic heterocycles. The first-order chi connectivity index (χ1) is 17.4. The maximum absolute atomic E-state index is 6.31. The Bertz CT molecular complexity index is 959. The number of hydrogen-bond donors (Lipinski definition) is 0. The van der Waals surface area contributed by atoms with E-state index in [0.717, 1.165) is 24.3 Å². The number of nitrogens with zero attached hydrogens (tertiary/aromatic N) is 2. The van der Waals surface area contributed by atoms with Crippen LogP contribution >= 0.6 is 0 Å². The summed E-state index contributed by atoms with van der Waals surface area (Å²) in [4.78, 5) is 10.8. The van der Waals surface area contributed by atoms with Crippen LogP contribution in [0.25, 0.3) is 9.96 Å². The van der Waals surface area contributed by atoms with E-state index in [1.165, 1.54) is 6.42 Å². The molecule has 1 fully saturated rings. The van der Waals surface area contributed by atoms with E-state index in [4.69, 9.17) is 14.4 Å². The molecule has 3 atom stereocenters. The third-order valence-electron chi connectivity index (χ3n) is 7.33. The molecule has 2 aromatic rings. The first-order valence-corrected chi connectivity index (χ1v) is 23.7. The zero-order valence-electron chi connectivity index (χ0n) is 26.6. The Morgan fingerprint density at radius 3 is 1.82 bits per heavy atom. The zero-order valence-corrected chi connectivity index (χ0v) is 32.1. The van der Waals surface area contributed by atoms with E-state index in [0.29, 0.717) is 17.0 Å². The molecule has 3 unspecified atom stereocenters. The molecule has 0 heterocycles. The molecule has 1 aliphatic carbocycles. The first-order valence-electron chi connectivity index (χ1n) is 14.3. The molecule has 39 heavy (non-hydrogen) atoms. The van der Waals surface area contributed by atoms with E-state index in [2.05, 4.69) is 111 Å². The third kappa shape index (κ3) is 12.5. The Balaban J connectivity index is 0.000000823. The summed E-state index contributed by atoms with van der Waals surface area (Å²) in [6.07, 6.45) is 2.43. The van der Waals surface area contributed by atoms with Crippen LogP contribution in [0.4, 0.5) is 5.69 Å². The van der Waals surface area contributed by atoms with Crippen molar-refractivity contribution in [1.82, 2.24) is 0 Å². The van der Waals surface area contributed by atoms with Gasteiger partial charge in [0.15, 0.2) is 8.32 Å². The van der Waals surface area contributed by atoms with Gasteiger partial charge in [-0.15, -0.1) is 23.4 Å². The molecule has 0 aliphatic heterocycles. The monoisotopic (exact) mass is 656 g/mol. The Kier molecular flexibility index (Phi) is 14.2. The van der Waals surface area contributed by atoms with E-state index in [-0.39, 0.29) is 31.7 Å². The number of benzene rings is 2. The van der Waals surface area contributed by atoms with Gasteiger partial charge >= 0.3 is 26.2 Å². The topological polar surface area (TPSA) is 37.4 Å². The largest absolute Gasteiger partial charge is 4.00 e. The van der Waals surface area contributed by atoms with Crippen molar-refractivity contribution in [2.45, 2.75) is 103 Å². The molecule has 0 bridgehead atoms. The Morgan fingerprint density at radius 2 is 1.38 bits per heavy atom. The Morgan fingerprint density at radius 1 is 0.872 bits per heavy atom. The molecule has 214 valence electrons. The van der Waals surface area contributed by atoms with Gasteiger partial charge in [-0.3, -0.25) is 0 Å². The van der Waals surface area contributed by atoms with Crippen molar-refractivity contribution in [3.05, 3.63) is 89.0 Å². The van der Waals surface area contributed by atoms with E-state index < -0.39 is 24.8 Å². The van der Waals surface area contributed by atoms with Crippen molar-refractivity contribution < 1.29 is 30.6 Å². The van der Waals surface area contributed by atoms with Gasteiger partial charge in [-0.2, -0.15) is 42.6 Å². The molecular weight excluding hydrogens is 604 g/mol. The maximum Gasteiger partial charge on any atom is 4.00 e. The Hall–Kier alpha value is -0.436. The Labute approximate surface area is 264 Å². The van der Waals surface area contributed by atoms with Gasteiger partial charge in [0, 0.05) is 6.61 Å². The maximum atomic E-state index is 6.31. The van der Waals surface area contributed by atoms with Crippen LogP contribution in [-0.4, -0.2) is 36.9 Å². The summed E-state index contributed by atoms with van der Waals surface area (Å²) in [6.45, 7) is 30.6. The molecule has 0 spiro atoms. The summed E-state index contributed by atoms with van der Waals surface area (Å²) in [5.74, 6) is 2.36. The SMILES string of the molecule is C[C-]1C([Si](C)(C)[N-]C(C)(C)C)CC(CCO[Si](C)(C)C)C1[Si](C)(C)[N-]c1ccccc1.[CH2-]c1ccccc1.[Zr+4]. The molecule has 1 aliphatic rings. The minimum Gasteiger partial charge on any atom is -0.688 e. The summed E-state index contributed by atoms with van der Waals surface area (Å²) >= 11 is 0. The van der Waals surface area contributed by atoms with E-state index >= 15 is 0 Å². The summed E-state index contributed by atoms with van der Waals surface area (Å²) in [6, 6.07) is 20.5. The van der Waals surface area contributed by atoms with Gasteiger partial charge in [0.05, 0.1) is 0 Å². The first kappa shape index (κ1) is 36.6. The minimum absolute atomic E-state index is 0. The summed E-state index contributed by atoms with van der Waals surface area (Å²) in [5, 5.41) is 0. The standard InChI is InChI=1S/C25H47N2OSi3.C7H7.Zr/c1-20-23(30(8,9)27-25(2,3)4)19-21(17-18-28-29(5,6)7)24(20)31(10,11)26-22-15-13-12-14-16-22;1-7-5-3-2-4-6-7;/h12-16,21,23-24H,17-19H2,1-11H3;2-6H,1H2;/q-3;-1;+4. The third-order valence-corrected chi connectivity index (χ3v) is 15.3. The fourth-order valence-electron chi connectivity index (χ4n) is 6.32. The van der Waals surface area contributed by atoms with Gasteiger partial charge in [0.1, 0.15) is 0 Å². The minimum atomic E-state index is -1.89. The van der Waals surface area contributed by atoms with E-state index in [1.54, 1.807) is 5.92 Å². The van der Waals surface area contributed by atoms with Gasteiger partial charge < -0.3 is 20.3 Å². The van der Waals surface area contributed by atoms with Crippen molar-refractivity contribution in [2.75, 3.05) is 6.61 Å². The predicted octanol–water partition coefficient (Wildman–Crippen LogP) is 10.7. The normalized spacial score (nSPS) is 20.5. The molecule has 0 N–H and O–H groups in total. The van der Waals surface area contributed by atoms with Crippen LogP contribution in [0.1, 0.15) is 46.1 Å². The van der Waals surface area contributed by atoms with Crippen LogP contribution < -0.4 is 0 Å². The summed E-state index contributed by atoms with van der Waals surface area (Å²) < 4.78 is 6.31. The van der Waals surface area contributed by atoms with Gasteiger partial charge in [-0.25, -0.2) is 0 Å². The fraction of sp³-hybridized carbons (Fsp3) is 0.562. The second-order valence-corrected chi connectivity index (χ2v) is 26.9. The van der Waals surface area contributed by atoms with Crippen LogP contribution in [0.2, 0.25) is 56.9 Å². The average Bonchev–Trinajstić information content (AvgIpc) is 3.10. The van der Waals surface area contributed by atoms with Gasteiger partial charge in [0.25, 0.3) is 0 Å². The smallest absolute Gasteiger partial charge is 0.688 e. The fourth-order valence-corrected chi connectivity index (χ4v) is 15.0. The van der Waals surface area contributed by atoms with Crippen LogP contribution in [0.3, 0.4) is 0 Å². The quantitative estimate of drug-likeness (QED) is 0.195. The van der Waals surface area contributed by atoms with Gasteiger partial charge in [-0.1, -0.05) is 112 Å². The number of hydrogen-bond acceptors (Lipinski definition) is 1. The molecule has 0 saturated heterocycles. The van der Waals surface area contributed by atoms with Crippen molar-refractivity contribution in [3.63, 3.8) is 0 Å². The number of rotatable bonds is 9. The van der Waals surface area contributed by atoms with Crippen LogP contribution in [0.5, 0.6) is 0 Å². The van der Waals surface area contributed by atoms with Crippen molar-refractivity contribution in [2.24, 2.45) is 5.92 Å². The zero-order chi connectivity index (χ0) is 28.8. The van der Waals surface area contributed by atoms with E-state index in [9.17, 15) is 0 Å². The molecule has 0 amide bonds. The molecule has 3 nitrogen and oxygen atoms in total. The van der Waals surface area contributed by atoms with Crippen molar-refractivity contribution in [3.8, 4) is 0 Å². The second-order valence-electron chi connectivity index (χ2n) is 14.0. The van der Waals surface area contributed by atoms with Gasteiger partial charge in [-0.05, 0) is 26.1 Å². The molecule has 2 aromatic carbocycles. The molecule has 0 radical (unpaired) electrons. The molecule has 1 saturated carbocycles. The second kappa shape index (κ2) is 15.2. The average molecular weight is 658 g/mol. The summed E-state index contributed by atoms with van der Waals surface area (Å²) in [7, 11) is -5.14. The molecular formula is C32H54N2OSi3Zr. The van der Waals surface area contributed by atoms with E-state index in [1.807, 2.05) is 30.3 Å². The van der Waals surface area contributed by atoms with Gasteiger partial charge in [0.2, 0.25) is 0 Å².